The summed E-state index contributed by atoms with van der Waals surface area (Å²) in [6.45, 7) is 0.660. The second kappa shape index (κ2) is 5.03. The average molecular weight is 314 g/mol. The number of rotatable bonds is 3. The summed E-state index contributed by atoms with van der Waals surface area (Å²) in [5.41, 5.74) is 1.47. The molecule has 0 aliphatic rings. The Labute approximate surface area is 122 Å². The lowest BCUT2D eigenvalue weighted by molar-refractivity contribution is 0.627. The van der Waals surface area contributed by atoms with Crippen molar-refractivity contribution in [2.24, 2.45) is 0 Å². The van der Waals surface area contributed by atoms with Crippen LogP contribution in [0.1, 0.15) is 5.01 Å². The highest BCUT2D eigenvalue weighted by atomic mass is 35.5. The molecule has 0 unspecified atom stereocenters. The number of hydrogen-bond donors (Lipinski definition) is 1. The van der Waals surface area contributed by atoms with E-state index < -0.39 is 5.82 Å². The first-order valence-corrected chi connectivity index (χ1v) is 7.27. The van der Waals surface area contributed by atoms with E-state index in [0.29, 0.717) is 11.3 Å². The molecular weight excluding hydrogens is 305 g/mol. The fourth-order valence-corrected chi connectivity index (χ4v) is 3.03. The van der Waals surface area contributed by atoms with Crippen molar-refractivity contribution in [3.63, 3.8) is 0 Å². The van der Waals surface area contributed by atoms with Crippen molar-refractivity contribution in [3.8, 4) is 0 Å². The monoisotopic (exact) mass is 313 g/mol. The van der Waals surface area contributed by atoms with Crippen LogP contribution in [0.5, 0.6) is 0 Å². The minimum atomic E-state index is -0.439. The van der Waals surface area contributed by atoms with E-state index in [9.17, 15) is 4.39 Å². The first-order valence-electron chi connectivity index (χ1n) is 5.61. The molecule has 0 aliphatic heterocycles. The van der Waals surface area contributed by atoms with E-state index in [1.54, 1.807) is 23.6 Å². The van der Waals surface area contributed by atoms with Gasteiger partial charge in [-0.15, -0.1) is 11.3 Å². The summed E-state index contributed by atoms with van der Waals surface area (Å²) in [6, 6.07) is 2.97. The molecule has 1 N–H and O–H groups in total. The van der Waals surface area contributed by atoms with Crippen molar-refractivity contribution in [2.45, 2.75) is 13.0 Å². The summed E-state index contributed by atoms with van der Waals surface area (Å²) in [5, 5.41) is 3.06. The van der Waals surface area contributed by atoms with E-state index in [-0.39, 0.29) is 5.02 Å². The van der Waals surface area contributed by atoms with Crippen LogP contribution < -0.4 is 0 Å². The maximum absolute atomic E-state index is 13.5. The zero-order chi connectivity index (χ0) is 13.4. The molecule has 0 atom stereocenters. The minimum Gasteiger partial charge on any atom is -0.331 e. The fourth-order valence-electron chi connectivity index (χ4n) is 1.96. The number of halogens is 2. The van der Waals surface area contributed by atoms with Crippen LogP contribution in [0, 0.1) is 10.6 Å². The Morgan fingerprint density at radius 2 is 2.32 bits per heavy atom. The van der Waals surface area contributed by atoms with Crippen LogP contribution in [-0.2, 0) is 13.0 Å². The summed E-state index contributed by atoms with van der Waals surface area (Å²) >= 11 is 12.6. The van der Waals surface area contributed by atoms with E-state index in [2.05, 4.69) is 9.97 Å². The molecule has 7 heteroatoms. The predicted octanol–water partition coefficient (Wildman–Crippen LogP) is 4.19. The van der Waals surface area contributed by atoms with Crippen molar-refractivity contribution in [1.29, 1.82) is 0 Å². The second-order valence-electron chi connectivity index (χ2n) is 4.04. The number of H-pyrrole nitrogens is 1. The van der Waals surface area contributed by atoms with Crippen molar-refractivity contribution in [2.75, 3.05) is 0 Å². The van der Waals surface area contributed by atoms with E-state index in [4.69, 9.17) is 23.8 Å². The van der Waals surface area contributed by atoms with Crippen molar-refractivity contribution < 1.29 is 4.39 Å². The number of benzene rings is 1. The summed E-state index contributed by atoms with van der Waals surface area (Å²) in [5.74, 6) is -0.439. The first kappa shape index (κ1) is 12.8. The molecule has 2 heterocycles. The molecule has 0 radical (unpaired) electrons. The van der Waals surface area contributed by atoms with Crippen molar-refractivity contribution in [3.05, 3.63) is 44.3 Å². The first-order chi connectivity index (χ1) is 9.15. The lowest BCUT2D eigenvalue weighted by Crippen LogP contribution is -2.01. The van der Waals surface area contributed by atoms with Gasteiger partial charge in [0.25, 0.3) is 0 Å². The molecule has 1 aromatic carbocycles. The summed E-state index contributed by atoms with van der Waals surface area (Å²) in [7, 11) is 0. The predicted molar refractivity (Wildman–Crippen MR) is 77.9 cm³/mol. The molecule has 0 saturated heterocycles. The number of thiazole rings is 1. The number of nitrogens with zero attached hydrogens (tertiary/aromatic N) is 2. The van der Waals surface area contributed by atoms with Gasteiger partial charge in [-0.1, -0.05) is 11.6 Å². The highest BCUT2D eigenvalue weighted by Crippen LogP contribution is 2.23. The summed E-state index contributed by atoms with van der Waals surface area (Å²) in [4.78, 5) is 7.26. The third kappa shape index (κ3) is 2.43. The Kier molecular flexibility index (Phi) is 3.38. The standard InChI is InChI=1S/C12H9ClFN3S2/c13-7-5-9-10(6-8(7)14)17(12(18)16-9)3-1-11-15-2-4-19-11/h2,4-6H,1,3H2,(H,16,18). The van der Waals surface area contributed by atoms with Crippen LogP contribution in [-0.4, -0.2) is 14.5 Å². The number of hydrogen-bond acceptors (Lipinski definition) is 3. The van der Waals surface area contributed by atoms with Crippen LogP contribution in [0.25, 0.3) is 11.0 Å². The molecule has 0 spiro atoms. The van der Waals surface area contributed by atoms with Gasteiger partial charge in [0.05, 0.1) is 21.1 Å². The quantitative estimate of drug-likeness (QED) is 0.736. The maximum Gasteiger partial charge on any atom is 0.178 e. The minimum absolute atomic E-state index is 0.0934. The molecule has 3 rings (SSSR count). The number of imidazole rings is 1. The zero-order valence-corrected chi connectivity index (χ0v) is 12.1. The zero-order valence-electron chi connectivity index (χ0n) is 9.69. The number of nitrogens with one attached hydrogen (secondary N) is 1. The van der Waals surface area contributed by atoms with Crippen molar-refractivity contribution >= 4 is 46.2 Å². The summed E-state index contributed by atoms with van der Waals surface area (Å²) in [6.07, 6.45) is 2.54. The Balaban J connectivity index is 2.00. The SMILES string of the molecule is Fc1cc2c(cc1Cl)[nH]c(=S)n2CCc1nccs1. The molecule has 98 valence electrons. The number of fused-ring (bicyclic) bond motifs is 1. The smallest absolute Gasteiger partial charge is 0.178 e. The maximum atomic E-state index is 13.5. The highest BCUT2D eigenvalue weighted by Gasteiger charge is 2.09. The number of aromatic amines is 1. The van der Waals surface area contributed by atoms with Crippen LogP contribution >= 0.6 is 35.2 Å². The third-order valence-corrected chi connectivity index (χ3v) is 4.30. The largest absolute Gasteiger partial charge is 0.331 e. The van der Waals surface area contributed by atoms with E-state index in [1.807, 2.05) is 9.95 Å². The van der Waals surface area contributed by atoms with Gasteiger partial charge in [0, 0.05) is 30.6 Å². The molecule has 0 bridgehead atoms. The second-order valence-corrected chi connectivity index (χ2v) is 5.81. The van der Waals surface area contributed by atoms with Crippen LogP contribution in [0.2, 0.25) is 5.02 Å². The van der Waals surface area contributed by atoms with Gasteiger partial charge in [0.1, 0.15) is 5.82 Å². The van der Waals surface area contributed by atoms with E-state index in [1.165, 1.54) is 6.07 Å². The fraction of sp³-hybridized carbons (Fsp3) is 0.167. The Morgan fingerprint density at radius 1 is 1.47 bits per heavy atom. The van der Waals surface area contributed by atoms with Gasteiger partial charge < -0.3 is 9.55 Å². The number of aryl methyl sites for hydroxylation is 2. The Bertz CT molecular complexity index is 776. The van der Waals surface area contributed by atoms with Crippen LogP contribution in [0.15, 0.2) is 23.7 Å². The molecule has 0 aliphatic carbocycles. The van der Waals surface area contributed by atoms with E-state index >= 15 is 0 Å². The lowest BCUT2D eigenvalue weighted by Gasteiger charge is -2.03. The molecular formula is C12H9ClFN3S2. The average Bonchev–Trinajstić information content (AvgIpc) is 2.96. The van der Waals surface area contributed by atoms with Gasteiger partial charge in [-0.3, -0.25) is 0 Å². The lowest BCUT2D eigenvalue weighted by atomic mass is 10.3. The molecule has 2 aromatic heterocycles. The van der Waals surface area contributed by atoms with Gasteiger partial charge in [0.15, 0.2) is 4.77 Å². The topological polar surface area (TPSA) is 33.6 Å². The van der Waals surface area contributed by atoms with Gasteiger partial charge in [-0.05, 0) is 18.3 Å². The molecule has 19 heavy (non-hydrogen) atoms. The van der Waals surface area contributed by atoms with Gasteiger partial charge in [0.2, 0.25) is 0 Å². The van der Waals surface area contributed by atoms with Crippen LogP contribution in [0.3, 0.4) is 0 Å². The summed E-state index contributed by atoms with van der Waals surface area (Å²) < 4.78 is 16.0. The van der Waals surface area contributed by atoms with Crippen LogP contribution in [0.4, 0.5) is 4.39 Å². The highest BCUT2D eigenvalue weighted by molar-refractivity contribution is 7.71. The molecule has 0 amide bonds. The molecule has 3 aromatic rings. The third-order valence-electron chi connectivity index (χ3n) is 2.85. The van der Waals surface area contributed by atoms with Crippen molar-refractivity contribution in [1.82, 2.24) is 14.5 Å². The van der Waals surface area contributed by atoms with Gasteiger partial charge in [-0.2, -0.15) is 0 Å². The van der Waals surface area contributed by atoms with E-state index in [0.717, 1.165) is 22.5 Å². The normalized spacial score (nSPS) is 11.3. The molecule has 3 nitrogen and oxygen atoms in total. The van der Waals surface area contributed by atoms with Gasteiger partial charge in [-0.25, -0.2) is 9.37 Å². The molecule has 0 fully saturated rings. The Hall–Kier alpha value is -1.24. The number of aromatic nitrogens is 3. The van der Waals surface area contributed by atoms with Gasteiger partial charge >= 0.3 is 0 Å². The molecule has 0 saturated carbocycles. The Morgan fingerprint density at radius 3 is 3.05 bits per heavy atom.